The van der Waals surface area contributed by atoms with E-state index in [1.54, 1.807) is 31.3 Å². The number of azo groups is 1. The molecule has 0 aliphatic rings. The highest BCUT2D eigenvalue weighted by molar-refractivity contribution is 5.49. The fraction of sp³-hybridized carbons (Fsp3) is 0.143. The van der Waals surface area contributed by atoms with Crippen molar-refractivity contribution in [2.75, 3.05) is 7.05 Å². The topological polar surface area (TPSA) is 45.0 Å². The van der Waals surface area contributed by atoms with E-state index in [9.17, 15) is 0 Å². The van der Waals surface area contributed by atoms with Crippen molar-refractivity contribution in [1.82, 2.24) is 0 Å². The van der Waals surface area contributed by atoms with Gasteiger partial charge in [0.25, 0.3) is 0 Å². The smallest absolute Gasteiger partial charge is 0.143 e. The first-order chi connectivity index (χ1) is 4.84. The van der Waals surface area contributed by atoms with Gasteiger partial charge in [0.2, 0.25) is 0 Å². The SMILES string of the molecule is C/N=N\c1ccccc1O. The summed E-state index contributed by atoms with van der Waals surface area (Å²) in [5.74, 6) is 0.160. The minimum Gasteiger partial charge on any atom is -0.506 e. The van der Waals surface area contributed by atoms with E-state index in [4.69, 9.17) is 5.11 Å². The number of benzene rings is 1. The van der Waals surface area contributed by atoms with Crippen molar-refractivity contribution in [2.24, 2.45) is 10.2 Å². The Labute approximate surface area is 59.0 Å². The minimum atomic E-state index is 0.160. The zero-order chi connectivity index (χ0) is 7.40. The summed E-state index contributed by atoms with van der Waals surface area (Å²) in [6, 6.07) is 6.81. The first-order valence-electron chi connectivity index (χ1n) is 2.92. The van der Waals surface area contributed by atoms with E-state index in [-0.39, 0.29) is 5.75 Å². The van der Waals surface area contributed by atoms with Crippen molar-refractivity contribution in [1.29, 1.82) is 0 Å². The minimum absolute atomic E-state index is 0.160. The van der Waals surface area contributed by atoms with Gasteiger partial charge in [0.05, 0.1) is 0 Å². The van der Waals surface area contributed by atoms with Gasteiger partial charge in [-0.25, -0.2) is 0 Å². The van der Waals surface area contributed by atoms with Gasteiger partial charge in [-0.3, -0.25) is 0 Å². The predicted octanol–water partition coefficient (Wildman–Crippen LogP) is 2.11. The summed E-state index contributed by atoms with van der Waals surface area (Å²) in [5.41, 5.74) is 0.505. The Morgan fingerprint density at radius 3 is 2.60 bits per heavy atom. The zero-order valence-corrected chi connectivity index (χ0v) is 5.65. The third-order valence-corrected chi connectivity index (χ3v) is 1.09. The fourth-order valence-electron chi connectivity index (χ4n) is 0.656. The molecule has 0 aliphatic carbocycles. The highest BCUT2D eigenvalue weighted by Gasteiger charge is 1.93. The lowest BCUT2D eigenvalue weighted by Crippen LogP contribution is -1.64. The van der Waals surface area contributed by atoms with E-state index in [1.807, 2.05) is 0 Å². The molecular formula is C7H8N2O. The maximum atomic E-state index is 9.09. The molecule has 0 saturated carbocycles. The van der Waals surface area contributed by atoms with Gasteiger partial charge in [0.1, 0.15) is 11.4 Å². The molecule has 1 rings (SSSR count). The van der Waals surface area contributed by atoms with Crippen LogP contribution in [0.4, 0.5) is 5.69 Å². The average Bonchev–Trinajstić information content (AvgIpc) is 1.94. The van der Waals surface area contributed by atoms with Crippen molar-refractivity contribution >= 4 is 5.69 Å². The average molecular weight is 136 g/mol. The molecule has 0 saturated heterocycles. The van der Waals surface area contributed by atoms with E-state index >= 15 is 0 Å². The van der Waals surface area contributed by atoms with E-state index in [2.05, 4.69) is 10.2 Å². The van der Waals surface area contributed by atoms with Crippen molar-refractivity contribution < 1.29 is 5.11 Å². The Morgan fingerprint density at radius 2 is 2.00 bits per heavy atom. The van der Waals surface area contributed by atoms with Crippen LogP contribution in [-0.2, 0) is 0 Å². The Balaban J connectivity index is 3.03. The first kappa shape index (κ1) is 6.74. The van der Waals surface area contributed by atoms with Gasteiger partial charge in [0, 0.05) is 7.05 Å². The second kappa shape index (κ2) is 2.96. The number of rotatable bonds is 1. The molecule has 0 fully saturated rings. The number of hydrogen-bond donors (Lipinski definition) is 1. The van der Waals surface area contributed by atoms with E-state index in [0.29, 0.717) is 5.69 Å². The van der Waals surface area contributed by atoms with Crippen LogP contribution < -0.4 is 0 Å². The van der Waals surface area contributed by atoms with E-state index < -0.39 is 0 Å². The zero-order valence-electron chi connectivity index (χ0n) is 5.65. The number of phenols is 1. The standard InChI is InChI=1S/C7H8N2O/c1-8-9-6-4-2-3-5-7(6)10/h2-5,10H,1H3/b9-8-. The molecule has 1 aromatic rings. The van der Waals surface area contributed by atoms with Crippen LogP contribution in [0.5, 0.6) is 5.75 Å². The van der Waals surface area contributed by atoms with Crippen LogP contribution in [0.25, 0.3) is 0 Å². The number of nitrogens with zero attached hydrogens (tertiary/aromatic N) is 2. The second-order valence-corrected chi connectivity index (χ2v) is 1.79. The van der Waals surface area contributed by atoms with Gasteiger partial charge in [-0.1, -0.05) is 12.1 Å². The second-order valence-electron chi connectivity index (χ2n) is 1.79. The summed E-state index contributed by atoms with van der Waals surface area (Å²) >= 11 is 0. The normalized spacial score (nSPS) is 10.5. The van der Waals surface area contributed by atoms with Crippen molar-refractivity contribution in [2.45, 2.75) is 0 Å². The van der Waals surface area contributed by atoms with E-state index in [1.165, 1.54) is 0 Å². The van der Waals surface area contributed by atoms with Crippen LogP contribution >= 0.6 is 0 Å². The summed E-state index contributed by atoms with van der Waals surface area (Å²) < 4.78 is 0. The summed E-state index contributed by atoms with van der Waals surface area (Å²) in [6.45, 7) is 0. The van der Waals surface area contributed by atoms with Crippen molar-refractivity contribution in [3.05, 3.63) is 24.3 Å². The van der Waals surface area contributed by atoms with Gasteiger partial charge < -0.3 is 5.11 Å². The molecular weight excluding hydrogens is 128 g/mol. The van der Waals surface area contributed by atoms with Gasteiger partial charge in [-0.2, -0.15) is 10.2 Å². The molecule has 10 heavy (non-hydrogen) atoms. The molecule has 0 radical (unpaired) electrons. The van der Waals surface area contributed by atoms with Crippen LogP contribution in [-0.4, -0.2) is 12.2 Å². The van der Waals surface area contributed by atoms with Gasteiger partial charge in [-0.05, 0) is 12.1 Å². The van der Waals surface area contributed by atoms with E-state index in [0.717, 1.165) is 0 Å². The lowest BCUT2D eigenvalue weighted by molar-refractivity contribution is 0.476. The highest BCUT2D eigenvalue weighted by atomic mass is 16.3. The molecule has 0 unspecified atom stereocenters. The summed E-state index contributed by atoms with van der Waals surface area (Å²) in [7, 11) is 1.56. The van der Waals surface area contributed by atoms with Crippen LogP contribution in [0.15, 0.2) is 34.5 Å². The molecule has 3 nitrogen and oxygen atoms in total. The monoisotopic (exact) mass is 136 g/mol. The van der Waals surface area contributed by atoms with Gasteiger partial charge in [0.15, 0.2) is 0 Å². The highest BCUT2D eigenvalue weighted by Crippen LogP contribution is 2.24. The molecule has 3 heteroatoms. The van der Waals surface area contributed by atoms with Crippen LogP contribution in [0, 0.1) is 0 Å². The number of para-hydroxylation sites is 1. The molecule has 0 bridgehead atoms. The molecule has 0 atom stereocenters. The molecule has 0 amide bonds. The van der Waals surface area contributed by atoms with Gasteiger partial charge in [-0.15, -0.1) is 0 Å². The molecule has 0 spiro atoms. The van der Waals surface area contributed by atoms with Crippen molar-refractivity contribution in [3.63, 3.8) is 0 Å². The third-order valence-electron chi connectivity index (χ3n) is 1.09. The largest absolute Gasteiger partial charge is 0.506 e. The summed E-state index contributed by atoms with van der Waals surface area (Å²) in [5, 5.41) is 16.3. The molecule has 52 valence electrons. The van der Waals surface area contributed by atoms with Crippen LogP contribution in [0.2, 0.25) is 0 Å². The first-order valence-corrected chi connectivity index (χ1v) is 2.92. The summed E-state index contributed by atoms with van der Waals surface area (Å²) in [4.78, 5) is 0. The molecule has 1 N–H and O–H groups in total. The maximum Gasteiger partial charge on any atom is 0.143 e. The molecule has 1 aromatic carbocycles. The third kappa shape index (κ3) is 1.31. The number of phenolic OH excluding ortho intramolecular Hbond substituents is 1. The number of aromatic hydroxyl groups is 1. The van der Waals surface area contributed by atoms with Crippen LogP contribution in [0.1, 0.15) is 0 Å². The predicted molar refractivity (Wildman–Crippen MR) is 38.5 cm³/mol. The Morgan fingerprint density at radius 1 is 1.30 bits per heavy atom. The maximum absolute atomic E-state index is 9.09. The van der Waals surface area contributed by atoms with Crippen molar-refractivity contribution in [3.8, 4) is 5.75 Å². The Hall–Kier alpha value is -1.38. The molecule has 0 heterocycles. The van der Waals surface area contributed by atoms with Crippen LogP contribution in [0.3, 0.4) is 0 Å². The number of hydrogen-bond acceptors (Lipinski definition) is 3. The Kier molecular flexibility index (Phi) is 1.99. The molecule has 0 aliphatic heterocycles. The summed E-state index contributed by atoms with van der Waals surface area (Å²) in [6.07, 6.45) is 0. The lowest BCUT2D eigenvalue weighted by Gasteiger charge is -1.92. The molecule has 0 aromatic heterocycles. The quantitative estimate of drug-likeness (QED) is 0.590. The Bertz CT molecular complexity index is 245. The fourth-order valence-corrected chi connectivity index (χ4v) is 0.656. The van der Waals surface area contributed by atoms with Gasteiger partial charge >= 0.3 is 0 Å². The lowest BCUT2D eigenvalue weighted by atomic mass is 10.3.